The number of carbonyl (C=O) groups excluding carboxylic acids is 1. The van der Waals surface area contributed by atoms with Crippen LogP contribution in [0.4, 0.5) is 4.39 Å². The molecule has 130 valence electrons. The molecule has 2 rings (SSSR count). The van der Waals surface area contributed by atoms with E-state index >= 15 is 0 Å². The summed E-state index contributed by atoms with van der Waals surface area (Å²) in [5, 5.41) is 2.96. The van der Waals surface area contributed by atoms with E-state index < -0.39 is 11.4 Å². The third-order valence-corrected chi connectivity index (χ3v) is 4.61. The molecule has 0 bridgehead atoms. The summed E-state index contributed by atoms with van der Waals surface area (Å²) >= 11 is 0. The summed E-state index contributed by atoms with van der Waals surface area (Å²) in [5.74, 6) is -0.466. The van der Waals surface area contributed by atoms with Crippen LogP contribution in [0.15, 0.2) is 18.2 Å². The van der Waals surface area contributed by atoms with Crippen molar-refractivity contribution in [3.63, 3.8) is 0 Å². The van der Waals surface area contributed by atoms with Crippen molar-refractivity contribution in [2.24, 2.45) is 11.7 Å². The standard InChI is InChI=1S/C17H25FN2O2.ClH/c1-11(12-7-8-15(22-3)14(18)10-12)20-16(21)13-6-4-5-9-17(13,2)19;/h7-8,10-11,13H,4-6,9,19H2,1-3H3,(H,20,21);1H. The number of halogens is 2. The molecule has 0 heterocycles. The van der Waals surface area contributed by atoms with Crippen LogP contribution < -0.4 is 15.8 Å². The lowest BCUT2D eigenvalue weighted by Gasteiger charge is -2.37. The minimum absolute atomic E-state index is 0. The van der Waals surface area contributed by atoms with E-state index in [0.717, 1.165) is 25.7 Å². The van der Waals surface area contributed by atoms with Gasteiger partial charge in [-0.25, -0.2) is 4.39 Å². The van der Waals surface area contributed by atoms with Crippen LogP contribution >= 0.6 is 12.4 Å². The highest BCUT2D eigenvalue weighted by Gasteiger charge is 2.38. The molecule has 3 unspecified atom stereocenters. The quantitative estimate of drug-likeness (QED) is 0.880. The van der Waals surface area contributed by atoms with Crippen molar-refractivity contribution in [1.82, 2.24) is 5.32 Å². The summed E-state index contributed by atoms with van der Waals surface area (Å²) < 4.78 is 18.7. The Bertz CT molecular complexity index is 551. The molecule has 0 radical (unpaired) electrons. The Morgan fingerprint density at radius 1 is 1.48 bits per heavy atom. The van der Waals surface area contributed by atoms with E-state index in [1.165, 1.54) is 13.2 Å². The van der Waals surface area contributed by atoms with Gasteiger partial charge in [0.15, 0.2) is 11.6 Å². The van der Waals surface area contributed by atoms with Crippen molar-refractivity contribution in [2.45, 2.75) is 51.1 Å². The van der Waals surface area contributed by atoms with Gasteiger partial charge in [-0.15, -0.1) is 12.4 Å². The highest BCUT2D eigenvalue weighted by atomic mass is 35.5. The van der Waals surface area contributed by atoms with Crippen molar-refractivity contribution >= 4 is 18.3 Å². The van der Waals surface area contributed by atoms with Gasteiger partial charge in [0.1, 0.15) is 0 Å². The van der Waals surface area contributed by atoms with E-state index in [0.29, 0.717) is 5.56 Å². The summed E-state index contributed by atoms with van der Waals surface area (Å²) in [5.41, 5.74) is 6.51. The topological polar surface area (TPSA) is 64.3 Å². The highest BCUT2D eigenvalue weighted by molar-refractivity contribution is 5.85. The first-order valence-electron chi connectivity index (χ1n) is 7.78. The van der Waals surface area contributed by atoms with Crippen LogP contribution in [0.25, 0.3) is 0 Å². The monoisotopic (exact) mass is 344 g/mol. The van der Waals surface area contributed by atoms with Crippen LogP contribution in [0, 0.1) is 11.7 Å². The molecule has 0 aromatic heterocycles. The third-order valence-electron chi connectivity index (χ3n) is 4.61. The van der Waals surface area contributed by atoms with E-state index in [2.05, 4.69) is 5.32 Å². The minimum atomic E-state index is -0.465. The molecule has 0 saturated heterocycles. The molecule has 1 aromatic rings. The molecule has 6 heteroatoms. The number of nitrogens with one attached hydrogen (secondary N) is 1. The smallest absolute Gasteiger partial charge is 0.225 e. The molecule has 23 heavy (non-hydrogen) atoms. The second-order valence-electron chi connectivity index (χ2n) is 6.43. The Morgan fingerprint density at radius 2 is 2.17 bits per heavy atom. The van der Waals surface area contributed by atoms with Crippen molar-refractivity contribution in [2.75, 3.05) is 7.11 Å². The van der Waals surface area contributed by atoms with Gasteiger partial charge in [0.05, 0.1) is 19.1 Å². The van der Waals surface area contributed by atoms with Crippen molar-refractivity contribution in [1.29, 1.82) is 0 Å². The Hall–Kier alpha value is -1.33. The van der Waals surface area contributed by atoms with E-state index in [9.17, 15) is 9.18 Å². The molecule has 1 amide bonds. The molecular formula is C17H26ClFN2O2. The molecule has 3 atom stereocenters. The van der Waals surface area contributed by atoms with E-state index in [1.54, 1.807) is 12.1 Å². The predicted molar refractivity (Wildman–Crippen MR) is 91.3 cm³/mol. The molecular weight excluding hydrogens is 319 g/mol. The van der Waals surface area contributed by atoms with Crippen molar-refractivity contribution in [3.8, 4) is 5.75 Å². The maximum Gasteiger partial charge on any atom is 0.225 e. The van der Waals surface area contributed by atoms with Crippen molar-refractivity contribution < 1.29 is 13.9 Å². The van der Waals surface area contributed by atoms with Gasteiger partial charge in [-0.2, -0.15) is 0 Å². The van der Waals surface area contributed by atoms with Crippen LogP contribution in [-0.2, 0) is 4.79 Å². The number of rotatable bonds is 4. The first kappa shape index (κ1) is 19.7. The number of benzene rings is 1. The SMILES string of the molecule is COc1ccc(C(C)NC(=O)C2CCCCC2(C)N)cc1F.Cl. The average Bonchev–Trinajstić information content (AvgIpc) is 2.46. The molecule has 1 saturated carbocycles. The van der Waals surface area contributed by atoms with E-state index in [4.69, 9.17) is 10.5 Å². The number of hydrogen-bond donors (Lipinski definition) is 2. The maximum absolute atomic E-state index is 13.8. The first-order chi connectivity index (χ1) is 10.3. The normalized spacial score (nSPS) is 25.2. The average molecular weight is 345 g/mol. The number of hydrogen-bond acceptors (Lipinski definition) is 3. The van der Waals surface area contributed by atoms with Crippen LogP contribution in [0.5, 0.6) is 5.75 Å². The zero-order chi connectivity index (χ0) is 16.3. The van der Waals surface area contributed by atoms with Crippen LogP contribution in [0.2, 0.25) is 0 Å². The molecule has 4 nitrogen and oxygen atoms in total. The van der Waals surface area contributed by atoms with Crippen LogP contribution in [0.3, 0.4) is 0 Å². The lowest BCUT2D eigenvalue weighted by Crippen LogP contribution is -2.53. The van der Waals surface area contributed by atoms with E-state index in [1.807, 2.05) is 13.8 Å². The van der Waals surface area contributed by atoms with Gasteiger partial charge in [-0.1, -0.05) is 18.9 Å². The largest absolute Gasteiger partial charge is 0.494 e. The molecule has 1 aliphatic rings. The van der Waals surface area contributed by atoms with E-state index in [-0.39, 0.29) is 36.0 Å². The van der Waals surface area contributed by atoms with Crippen molar-refractivity contribution in [3.05, 3.63) is 29.6 Å². The number of ether oxygens (including phenoxy) is 1. The Labute approximate surface area is 143 Å². The molecule has 1 fully saturated rings. The Kier molecular flexibility index (Phi) is 6.84. The molecule has 0 aliphatic heterocycles. The Balaban J connectivity index is 0.00000264. The van der Waals surface area contributed by atoms with Gasteiger partial charge in [0.2, 0.25) is 5.91 Å². The maximum atomic E-state index is 13.8. The fraction of sp³-hybridized carbons (Fsp3) is 0.588. The molecule has 1 aromatic carbocycles. The second-order valence-corrected chi connectivity index (χ2v) is 6.43. The third kappa shape index (κ3) is 4.58. The summed E-state index contributed by atoms with van der Waals surface area (Å²) in [6, 6.07) is 4.45. The van der Waals surface area contributed by atoms with Crippen LogP contribution in [0.1, 0.15) is 51.1 Å². The number of nitrogens with two attached hydrogens (primary N) is 1. The lowest BCUT2D eigenvalue weighted by molar-refractivity contribution is -0.128. The summed E-state index contributed by atoms with van der Waals surface area (Å²) in [7, 11) is 1.43. The molecule has 0 spiro atoms. The van der Waals surface area contributed by atoms with Gasteiger partial charge in [0.25, 0.3) is 0 Å². The summed E-state index contributed by atoms with van der Waals surface area (Å²) in [6.45, 7) is 3.78. The molecule has 3 N–H and O–H groups in total. The zero-order valence-electron chi connectivity index (χ0n) is 13.9. The van der Waals surface area contributed by atoms with Gasteiger partial charge in [-0.05, 0) is 44.4 Å². The highest BCUT2D eigenvalue weighted by Crippen LogP contribution is 2.32. The lowest BCUT2D eigenvalue weighted by atomic mass is 9.74. The van der Waals surface area contributed by atoms with Crippen LogP contribution in [-0.4, -0.2) is 18.6 Å². The summed E-state index contributed by atoms with van der Waals surface area (Å²) in [4.78, 5) is 12.5. The Morgan fingerprint density at radius 3 is 2.74 bits per heavy atom. The number of amides is 1. The minimum Gasteiger partial charge on any atom is -0.494 e. The molecule has 1 aliphatic carbocycles. The van der Waals surface area contributed by atoms with Gasteiger partial charge in [-0.3, -0.25) is 4.79 Å². The summed E-state index contributed by atoms with van der Waals surface area (Å²) in [6.07, 6.45) is 3.76. The number of carbonyl (C=O) groups is 1. The van der Waals surface area contributed by atoms with Gasteiger partial charge < -0.3 is 15.8 Å². The predicted octanol–water partition coefficient (Wildman–Crippen LogP) is 3.34. The zero-order valence-corrected chi connectivity index (χ0v) is 14.7. The number of methoxy groups -OCH3 is 1. The second kappa shape index (κ2) is 7.97. The fourth-order valence-corrected chi connectivity index (χ4v) is 3.14. The van der Waals surface area contributed by atoms with Gasteiger partial charge in [0, 0.05) is 5.54 Å². The van der Waals surface area contributed by atoms with Gasteiger partial charge >= 0.3 is 0 Å². The fourth-order valence-electron chi connectivity index (χ4n) is 3.14. The first-order valence-corrected chi connectivity index (χ1v) is 7.78.